The summed E-state index contributed by atoms with van der Waals surface area (Å²) in [6.07, 6.45) is 3.65. The maximum atomic E-state index is 11.7. The first kappa shape index (κ1) is 22.3. The summed E-state index contributed by atoms with van der Waals surface area (Å²) in [6.45, 7) is 4.08. The molecule has 2 aromatic carbocycles. The molecule has 0 aliphatic carbocycles. The molecule has 0 spiro atoms. The molecule has 2 aliphatic rings. The highest BCUT2D eigenvalue weighted by Gasteiger charge is 2.24. The summed E-state index contributed by atoms with van der Waals surface area (Å²) in [5.41, 5.74) is 6.84. The lowest BCUT2D eigenvalue weighted by atomic mass is 9.90. The molecule has 1 unspecified atom stereocenters. The number of hydrogen-bond donors (Lipinski definition) is 2. The maximum absolute atomic E-state index is 11.7. The van der Waals surface area contributed by atoms with Gasteiger partial charge in [-0.05, 0) is 68.8 Å². The van der Waals surface area contributed by atoms with Crippen molar-refractivity contribution < 1.29 is 13.9 Å². The number of hydrogen-bond acceptors (Lipinski definition) is 6. The molecule has 1 amide bonds. The van der Waals surface area contributed by atoms with Crippen LogP contribution in [0, 0.1) is 5.92 Å². The minimum absolute atomic E-state index is 0. The monoisotopic (exact) mass is 454 g/mol. The van der Waals surface area contributed by atoms with E-state index in [4.69, 9.17) is 9.15 Å². The van der Waals surface area contributed by atoms with Crippen LogP contribution < -0.4 is 15.5 Å². The molecule has 5 rings (SSSR count). The predicted molar refractivity (Wildman–Crippen MR) is 126 cm³/mol. The van der Waals surface area contributed by atoms with Gasteiger partial charge < -0.3 is 14.5 Å². The number of benzene rings is 2. The Bertz CT molecular complexity index is 1120. The number of nitrogens with zero attached hydrogens (tertiary/aromatic N) is 2. The molecule has 32 heavy (non-hydrogen) atoms. The number of oxazole rings is 1. The molecular weight excluding hydrogens is 428 g/mol. The number of carbonyl (C=O) groups excluding carboxylic acids is 1. The van der Waals surface area contributed by atoms with Crippen LogP contribution in [0.15, 0.2) is 52.0 Å². The number of ether oxygens (including phenoxy) is 1. The highest BCUT2D eigenvalue weighted by molar-refractivity contribution is 6.07. The van der Waals surface area contributed by atoms with Gasteiger partial charge in [0.15, 0.2) is 5.58 Å². The topological polar surface area (TPSA) is 88.8 Å². The van der Waals surface area contributed by atoms with Gasteiger partial charge in [0.2, 0.25) is 11.8 Å². The molecule has 1 fully saturated rings. The van der Waals surface area contributed by atoms with Crippen molar-refractivity contribution in [1.29, 1.82) is 0 Å². The van der Waals surface area contributed by atoms with Crippen LogP contribution in [0.25, 0.3) is 22.6 Å². The van der Waals surface area contributed by atoms with Crippen molar-refractivity contribution in [3.8, 4) is 17.2 Å². The minimum Gasteiger partial charge on any atom is -0.490 e. The summed E-state index contributed by atoms with van der Waals surface area (Å²) >= 11 is 0. The molecule has 3 heterocycles. The molecule has 2 aliphatic heterocycles. The fourth-order valence-electron chi connectivity index (χ4n) is 4.21. The van der Waals surface area contributed by atoms with Gasteiger partial charge in [0.1, 0.15) is 17.4 Å². The van der Waals surface area contributed by atoms with E-state index in [1.807, 2.05) is 42.5 Å². The van der Waals surface area contributed by atoms with E-state index in [0.29, 0.717) is 17.9 Å². The third-order valence-electron chi connectivity index (χ3n) is 5.99. The first-order valence-corrected chi connectivity index (χ1v) is 10.9. The Morgan fingerprint density at radius 2 is 1.84 bits per heavy atom. The Morgan fingerprint density at radius 3 is 2.59 bits per heavy atom. The normalized spacial score (nSPS) is 19.2. The Labute approximate surface area is 193 Å². The molecule has 8 heteroatoms. The van der Waals surface area contributed by atoms with Crippen LogP contribution in [0.3, 0.4) is 0 Å². The second kappa shape index (κ2) is 9.71. The molecular formula is C24H27ClN4O3. The zero-order chi connectivity index (χ0) is 21.2. The van der Waals surface area contributed by atoms with Crippen LogP contribution in [-0.4, -0.2) is 35.8 Å². The van der Waals surface area contributed by atoms with Crippen LogP contribution in [-0.2, 0) is 4.79 Å². The summed E-state index contributed by atoms with van der Waals surface area (Å²) in [6, 6.07) is 13.8. The third kappa shape index (κ3) is 4.64. The van der Waals surface area contributed by atoms with Crippen molar-refractivity contribution >= 4 is 35.1 Å². The number of piperidine rings is 1. The molecule has 168 valence electrons. The second-order valence-electron chi connectivity index (χ2n) is 8.13. The Kier molecular flexibility index (Phi) is 6.77. The summed E-state index contributed by atoms with van der Waals surface area (Å²) in [4.78, 5) is 16.3. The van der Waals surface area contributed by atoms with Crippen LogP contribution in [0.2, 0.25) is 0 Å². The lowest BCUT2D eigenvalue weighted by Crippen LogP contribution is -2.34. The minimum atomic E-state index is -0.0359. The number of rotatable bonds is 5. The van der Waals surface area contributed by atoms with Gasteiger partial charge in [0.05, 0.1) is 5.71 Å². The van der Waals surface area contributed by atoms with Crippen LogP contribution in [0.1, 0.15) is 38.2 Å². The number of aromatic nitrogens is 1. The van der Waals surface area contributed by atoms with E-state index in [2.05, 4.69) is 27.8 Å². The summed E-state index contributed by atoms with van der Waals surface area (Å²) in [5, 5.41) is 7.65. The Hall–Kier alpha value is -2.90. The molecule has 2 N–H and O–H groups in total. The molecule has 0 bridgehead atoms. The van der Waals surface area contributed by atoms with Gasteiger partial charge >= 0.3 is 0 Å². The van der Waals surface area contributed by atoms with E-state index >= 15 is 0 Å². The summed E-state index contributed by atoms with van der Waals surface area (Å²) in [5.74, 6) is 1.52. The van der Waals surface area contributed by atoms with E-state index in [0.717, 1.165) is 60.5 Å². The number of halogens is 1. The number of amides is 1. The third-order valence-corrected chi connectivity index (χ3v) is 5.99. The van der Waals surface area contributed by atoms with Gasteiger partial charge in [-0.25, -0.2) is 10.4 Å². The molecule has 1 saturated heterocycles. The fourth-order valence-corrected chi connectivity index (χ4v) is 4.21. The molecule has 1 aromatic heterocycles. The van der Waals surface area contributed by atoms with E-state index in [-0.39, 0.29) is 30.3 Å². The van der Waals surface area contributed by atoms with Crippen molar-refractivity contribution in [2.45, 2.75) is 38.7 Å². The highest BCUT2D eigenvalue weighted by atomic mass is 35.5. The van der Waals surface area contributed by atoms with Crippen LogP contribution in [0.5, 0.6) is 5.75 Å². The van der Waals surface area contributed by atoms with Gasteiger partial charge in [-0.15, -0.1) is 12.4 Å². The zero-order valence-electron chi connectivity index (χ0n) is 18.0. The molecule has 0 radical (unpaired) electrons. The second-order valence-corrected chi connectivity index (χ2v) is 8.13. The quantitative estimate of drug-likeness (QED) is 0.600. The van der Waals surface area contributed by atoms with Gasteiger partial charge in [-0.3, -0.25) is 4.79 Å². The molecule has 0 saturated carbocycles. The SMILES string of the molecule is CCC1CC(=O)NN=C1c1ccc2nc(-c3ccc(OC4CCNCC4)cc3)oc2c1.Cl. The average molecular weight is 455 g/mol. The lowest BCUT2D eigenvalue weighted by Gasteiger charge is -2.23. The Balaban J connectivity index is 0.00000245. The van der Waals surface area contributed by atoms with E-state index in [9.17, 15) is 4.79 Å². The van der Waals surface area contributed by atoms with Gasteiger partial charge in [0.25, 0.3) is 0 Å². The highest BCUT2D eigenvalue weighted by Crippen LogP contribution is 2.29. The van der Waals surface area contributed by atoms with Crippen molar-refractivity contribution in [2.24, 2.45) is 11.0 Å². The van der Waals surface area contributed by atoms with Gasteiger partial charge in [-0.2, -0.15) is 5.10 Å². The first-order valence-electron chi connectivity index (χ1n) is 10.9. The van der Waals surface area contributed by atoms with Crippen molar-refractivity contribution in [3.63, 3.8) is 0 Å². The molecule has 1 atom stereocenters. The number of nitrogens with one attached hydrogen (secondary N) is 2. The van der Waals surface area contributed by atoms with Gasteiger partial charge in [-0.1, -0.05) is 13.0 Å². The number of carbonyl (C=O) groups is 1. The zero-order valence-corrected chi connectivity index (χ0v) is 18.8. The van der Waals surface area contributed by atoms with E-state index in [1.165, 1.54) is 0 Å². The molecule has 7 nitrogen and oxygen atoms in total. The predicted octanol–water partition coefficient (Wildman–Crippen LogP) is 4.30. The maximum Gasteiger partial charge on any atom is 0.240 e. The van der Waals surface area contributed by atoms with Crippen LogP contribution in [0.4, 0.5) is 0 Å². The van der Waals surface area contributed by atoms with E-state index < -0.39 is 0 Å². The standard InChI is InChI=1S/C24H26N4O3.ClH/c1-2-15-14-22(29)27-28-23(15)17-5-8-20-21(13-17)31-24(26-20)16-3-6-18(7-4-16)30-19-9-11-25-12-10-19;/h3-8,13,15,19,25H,2,9-12,14H2,1H3,(H,27,29);1H. The van der Waals surface area contributed by atoms with Crippen molar-refractivity contribution in [1.82, 2.24) is 15.7 Å². The average Bonchev–Trinajstić information content (AvgIpc) is 3.23. The number of hydrazone groups is 1. The van der Waals surface area contributed by atoms with Gasteiger partial charge in [0, 0.05) is 23.5 Å². The molecule has 3 aromatic rings. The summed E-state index contributed by atoms with van der Waals surface area (Å²) in [7, 11) is 0. The largest absolute Gasteiger partial charge is 0.490 e. The lowest BCUT2D eigenvalue weighted by molar-refractivity contribution is -0.122. The first-order chi connectivity index (χ1) is 15.2. The van der Waals surface area contributed by atoms with Crippen molar-refractivity contribution in [3.05, 3.63) is 48.0 Å². The summed E-state index contributed by atoms with van der Waals surface area (Å²) < 4.78 is 12.1. The van der Waals surface area contributed by atoms with E-state index in [1.54, 1.807) is 0 Å². The van der Waals surface area contributed by atoms with Crippen molar-refractivity contribution in [2.75, 3.05) is 13.1 Å². The smallest absolute Gasteiger partial charge is 0.240 e. The fraction of sp³-hybridized carbons (Fsp3) is 0.375. The van der Waals surface area contributed by atoms with Crippen LogP contribution >= 0.6 is 12.4 Å². The Morgan fingerprint density at radius 1 is 1.09 bits per heavy atom. The number of fused-ring (bicyclic) bond motifs is 1.